The van der Waals surface area contributed by atoms with E-state index in [1.807, 2.05) is 11.2 Å². The first-order valence-corrected chi connectivity index (χ1v) is 16.8. The Morgan fingerprint density at radius 2 is 2.02 bits per heavy atom. The molecule has 1 saturated heterocycles. The number of halogens is 2. The highest BCUT2D eigenvalue weighted by Gasteiger charge is 2.53. The van der Waals surface area contributed by atoms with E-state index in [0.29, 0.717) is 36.2 Å². The van der Waals surface area contributed by atoms with E-state index in [1.54, 1.807) is 30.6 Å². The van der Waals surface area contributed by atoms with Crippen LogP contribution in [0.25, 0.3) is 16.9 Å². The van der Waals surface area contributed by atoms with Gasteiger partial charge in [-0.15, -0.1) is 11.8 Å². The molecule has 0 spiro atoms. The standard InChI is InChI=1S/C32H35F2N9O3S/c1-40(19-32(8-9-32)26-16-36-26)20-6-12-41(13-7-20)27(44)18-42-17-24(38-30(45)23-15-37-43-11-3-10-35-29(23)43)28(39-42)22-14-21(47-2)4-5-25(22)46-31(33)34/h3-5,10-11,14-17,20,26,31H,6-9,12-13,18-19H2,1-2H3,(H,38,45). The van der Waals surface area contributed by atoms with Crippen molar-refractivity contribution in [3.05, 3.63) is 54.6 Å². The van der Waals surface area contributed by atoms with Crippen LogP contribution in [0.2, 0.25) is 0 Å². The molecule has 2 fully saturated rings. The van der Waals surface area contributed by atoms with E-state index in [1.165, 1.54) is 52.3 Å². The fourth-order valence-electron chi connectivity index (χ4n) is 6.48. The van der Waals surface area contributed by atoms with Gasteiger partial charge in [0.2, 0.25) is 5.91 Å². The van der Waals surface area contributed by atoms with E-state index in [9.17, 15) is 18.4 Å². The Kier molecular flexibility index (Phi) is 8.43. The lowest BCUT2D eigenvalue weighted by atomic mass is 9.97. The molecule has 1 atom stereocenters. The molecule has 246 valence electrons. The van der Waals surface area contributed by atoms with Crippen LogP contribution in [0.5, 0.6) is 5.75 Å². The summed E-state index contributed by atoms with van der Waals surface area (Å²) in [6, 6.07) is 7.30. The monoisotopic (exact) mass is 663 g/mol. The van der Waals surface area contributed by atoms with Gasteiger partial charge in [0.1, 0.15) is 23.6 Å². The maximum atomic E-state index is 13.5. The summed E-state index contributed by atoms with van der Waals surface area (Å²) in [6.45, 7) is -0.873. The van der Waals surface area contributed by atoms with Crippen molar-refractivity contribution < 1.29 is 23.1 Å². The van der Waals surface area contributed by atoms with Crippen LogP contribution in [0.15, 0.2) is 58.9 Å². The van der Waals surface area contributed by atoms with Crippen molar-refractivity contribution in [1.29, 1.82) is 0 Å². The Bertz CT molecular complexity index is 1830. The van der Waals surface area contributed by atoms with Crippen molar-refractivity contribution in [3.63, 3.8) is 0 Å². The topological polar surface area (TPSA) is 122 Å². The zero-order valence-corrected chi connectivity index (χ0v) is 26.9. The smallest absolute Gasteiger partial charge is 0.387 e. The van der Waals surface area contributed by atoms with Crippen LogP contribution in [0.1, 0.15) is 36.0 Å². The predicted molar refractivity (Wildman–Crippen MR) is 173 cm³/mol. The number of fused-ring (bicyclic) bond motifs is 1. The van der Waals surface area contributed by atoms with Crippen molar-refractivity contribution >= 4 is 41.1 Å². The first-order chi connectivity index (χ1) is 22.7. The number of anilines is 1. The van der Waals surface area contributed by atoms with E-state index in [2.05, 4.69) is 43.7 Å². The summed E-state index contributed by atoms with van der Waals surface area (Å²) in [7, 11) is 2.17. The molecule has 1 unspecified atom stereocenters. The van der Waals surface area contributed by atoms with Crippen molar-refractivity contribution in [3.8, 4) is 17.0 Å². The van der Waals surface area contributed by atoms with Gasteiger partial charge in [-0.25, -0.2) is 9.50 Å². The number of amides is 2. The molecule has 0 bridgehead atoms. The highest BCUT2D eigenvalue weighted by atomic mass is 32.2. The van der Waals surface area contributed by atoms with Crippen LogP contribution in [0.3, 0.4) is 0 Å². The number of rotatable bonds is 12. The maximum absolute atomic E-state index is 13.5. The Hall–Kier alpha value is -4.37. The molecule has 15 heteroatoms. The molecule has 4 aromatic rings. The Labute approximate surface area is 274 Å². The van der Waals surface area contributed by atoms with Crippen molar-refractivity contribution in [2.75, 3.05) is 38.3 Å². The number of alkyl halides is 2. The molecule has 2 amide bonds. The molecule has 3 aromatic heterocycles. The number of nitrogens with one attached hydrogen (secondary N) is 1. The number of likely N-dealkylation sites (tertiary alicyclic amines) is 1. The lowest BCUT2D eigenvalue weighted by Gasteiger charge is -2.38. The third-order valence-electron chi connectivity index (χ3n) is 9.31. The van der Waals surface area contributed by atoms with Crippen LogP contribution >= 0.6 is 11.8 Å². The number of carbonyl (C=O) groups is 2. The Morgan fingerprint density at radius 1 is 1.23 bits per heavy atom. The minimum absolute atomic E-state index is 0.0863. The lowest BCUT2D eigenvalue weighted by Crippen LogP contribution is -2.48. The van der Waals surface area contributed by atoms with Crippen molar-refractivity contribution in [1.82, 2.24) is 34.2 Å². The van der Waals surface area contributed by atoms with E-state index in [4.69, 9.17) is 4.74 Å². The Balaban J connectivity index is 1.10. The van der Waals surface area contributed by atoms with Gasteiger partial charge in [0.25, 0.3) is 5.91 Å². The summed E-state index contributed by atoms with van der Waals surface area (Å²) < 4.78 is 34.6. The highest BCUT2D eigenvalue weighted by molar-refractivity contribution is 7.98. The number of benzene rings is 1. The summed E-state index contributed by atoms with van der Waals surface area (Å²) in [5, 5.41) is 11.7. The highest BCUT2D eigenvalue weighted by Crippen LogP contribution is 2.53. The average molecular weight is 664 g/mol. The van der Waals surface area contributed by atoms with Gasteiger partial charge < -0.3 is 19.9 Å². The fraction of sp³-hybridized carbons (Fsp3) is 0.438. The van der Waals surface area contributed by atoms with E-state index >= 15 is 0 Å². The van der Waals surface area contributed by atoms with Gasteiger partial charge in [-0.2, -0.15) is 19.0 Å². The minimum Gasteiger partial charge on any atom is -0.434 e. The van der Waals surface area contributed by atoms with E-state index in [-0.39, 0.29) is 40.7 Å². The molecule has 1 aliphatic carbocycles. The van der Waals surface area contributed by atoms with Crippen molar-refractivity contribution in [2.45, 2.75) is 55.8 Å². The molecular weight excluding hydrogens is 628 g/mol. The molecule has 2 aliphatic heterocycles. The largest absolute Gasteiger partial charge is 0.434 e. The summed E-state index contributed by atoms with van der Waals surface area (Å²) in [4.78, 5) is 40.7. The first kappa shape index (κ1) is 31.2. The molecule has 47 heavy (non-hydrogen) atoms. The van der Waals surface area contributed by atoms with Gasteiger partial charge >= 0.3 is 6.61 Å². The quantitative estimate of drug-likeness (QED) is 0.223. The molecule has 5 heterocycles. The van der Waals surface area contributed by atoms with Crippen LogP contribution in [-0.2, 0) is 11.3 Å². The van der Waals surface area contributed by atoms with Gasteiger partial charge in [-0.05, 0) is 63.3 Å². The molecule has 12 nitrogen and oxygen atoms in total. The normalized spacial score (nSPS) is 18.7. The molecular formula is C32H35F2N9O3S. The number of piperidine rings is 1. The second-order valence-electron chi connectivity index (χ2n) is 12.4. The van der Waals surface area contributed by atoms with Gasteiger partial charge in [-0.3, -0.25) is 19.3 Å². The van der Waals surface area contributed by atoms with Crippen LogP contribution in [0, 0.1) is 5.41 Å². The number of hydrogen-bond donors (Lipinski definition) is 1. The van der Waals surface area contributed by atoms with Crippen LogP contribution < -0.4 is 10.1 Å². The summed E-state index contributed by atoms with van der Waals surface area (Å²) in [6.07, 6.45) is 14.3. The third kappa shape index (κ3) is 6.59. The number of aromatic nitrogens is 5. The second kappa shape index (κ2) is 12.7. The molecule has 0 radical (unpaired) electrons. The fourth-order valence-corrected chi connectivity index (χ4v) is 6.92. The summed E-state index contributed by atoms with van der Waals surface area (Å²) >= 11 is 1.42. The zero-order chi connectivity index (χ0) is 32.7. The van der Waals surface area contributed by atoms with Crippen LogP contribution in [0.4, 0.5) is 14.5 Å². The van der Waals surface area contributed by atoms with E-state index in [0.717, 1.165) is 24.3 Å². The molecule has 7 rings (SSSR count). The maximum Gasteiger partial charge on any atom is 0.387 e. The van der Waals surface area contributed by atoms with Gasteiger partial charge in [-0.1, -0.05) is 0 Å². The van der Waals surface area contributed by atoms with Gasteiger partial charge in [0.05, 0.1) is 17.9 Å². The molecule has 1 aromatic carbocycles. The molecule has 1 N–H and O–H groups in total. The number of nitrogens with zero attached hydrogens (tertiary/aromatic N) is 8. The predicted octanol–water partition coefficient (Wildman–Crippen LogP) is 4.32. The minimum atomic E-state index is -3.07. The molecule has 3 aliphatic rings. The average Bonchev–Trinajstić information content (AvgIpc) is 3.99. The lowest BCUT2D eigenvalue weighted by molar-refractivity contribution is -0.133. The number of ether oxygens (including phenoxy) is 1. The second-order valence-corrected chi connectivity index (χ2v) is 13.2. The Morgan fingerprint density at radius 3 is 2.72 bits per heavy atom. The first-order valence-electron chi connectivity index (χ1n) is 15.5. The van der Waals surface area contributed by atoms with E-state index < -0.39 is 12.5 Å². The molecule has 1 saturated carbocycles. The third-order valence-corrected chi connectivity index (χ3v) is 10.0. The van der Waals surface area contributed by atoms with Crippen molar-refractivity contribution in [2.24, 2.45) is 10.4 Å². The van der Waals surface area contributed by atoms with Crippen LogP contribution in [-0.4, -0.2) is 104 Å². The SMILES string of the molecule is CSc1ccc(OC(F)F)c(-c2nn(CC(=O)N3CCC(N(C)CC4(C5C=N5)CC4)CC3)cc2NC(=O)c2cnn3cccnc23)c1. The summed E-state index contributed by atoms with van der Waals surface area (Å²) in [5.41, 5.74) is 1.56. The number of aliphatic imine (C=N–C) groups is 1. The number of carbonyl (C=O) groups excluding carboxylic acids is 2. The van der Waals surface area contributed by atoms with Gasteiger partial charge in [0, 0.05) is 66.4 Å². The summed E-state index contributed by atoms with van der Waals surface area (Å²) in [5.74, 6) is -0.734. The van der Waals surface area contributed by atoms with Gasteiger partial charge in [0.15, 0.2) is 5.65 Å². The number of thioether (sulfide) groups is 1. The zero-order valence-electron chi connectivity index (χ0n) is 26.1. The number of hydrogen-bond acceptors (Lipinski definition) is 9.